The van der Waals surface area contributed by atoms with E-state index >= 15 is 0 Å². The van der Waals surface area contributed by atoms with Crippen LogP contribution in [0.5, 0.6) is 0 Å². The molecule has 0 bridgehead atoms. The van der Waals surface area contributed by atoms with Crippen molar-refractivity contribution in [2.45, 2.75) is 6.92 Å². The first kappa shape index (κ1) is 35.1. The summed E-state index contributed by atoms with van der Waals surface area (Å²) in [5, 5.41) is 27.2. The van der Waals surface area contributed by atoms with Gasteiger partial charge in [-0.3, -0.25) is 0 Å². The normalized spacial score (nSPS) is 12.5. The smallest absolute Gasteiger partial charge is 1.00 e. The van der Waals surface area contributed by atoms with E-state index in [1.165, 1.54) is 15.9 Å². The molecule has 1 aromatic heterocycles. The molecule has 0 atom stereocenters. The largest absolute Gasteiger partial charge is 2.00 e. The van der Waals surface area contributed by atoms with Crippen LogP contribution in [0.4, 0.5) is 0 Å². The summed E-state index contributed by atoms with van der Waals surface area (Å²) in [6, 6.07) is 33.3. The zero-order chi connectivity index (χ0) is 28.2. The van der Waals surface area contributed by atoms with Crippen molar-refractivity contribution in [2.24, 2.45) is 20.4 Å². The van der Waals surface area contributed by atoms with Crippen LogP contribution < -0.4 is 43.5 Å². The van der Waals surface area contributed by atoms with Gasteiger partial charge in [0.15, 0.2) is 11.5 Å². The Morgan fingerprint density at radius 3 is 1.60 bits per heavy atom. The standard InChI is InChI=1S/C29H29N8PS2.BrH.Cu/c1-22(26(35-36-28(39)30-2)27-31-19-12-20-32-27)34-37-29(40)33-21-38(23-13-6-3-7-14-23,24-15-8-4-9-16-24)25-17-10-5-11-18-25;;/h3-20H,21H2,1-2H3,(H3-,30,31,32,33,34,35,36,37,39,40);1H;/q;;+2/p-2. The molecule has 219 valence electrons. The van der Waals surface area contributed by atoms with Crippen LogP contribution in [-0.4, -0.2) is 45.1 Å². The van der Waals surface area contributed by atoms with Crippen LogP contribution in [0.1, 0.15) is 12.7 Å². The summed E-state index contributed by atoms with van der Waals surface area (Å²) < 4.78 is 0. The second-order valence-corrected chi connectivity index (χ2v) is 12.7. The average molecular weight is 727 g/mol. The first-order valence-electron chi connectivity index (χ1n) is 12.4. The molecule has 0 amide bonds. The van der Waals surface area contributed by atoms with Gasteiger partial charge in [0, 0.05) is 24.6 Å². The minimum absolute atomic E-state index is 0. The van der Waals surface area contributed by atoms with E-state index in [-0.39, 0.29) is 44.4 Å². The Balaban J connectivity index is 0.00000308. The van der Waals surface area contributed by atoms with Crippen molar-refractivity contribution in [1.82, 2.24) is 20.6 Å². The fourth-order valence-corrected chi connectivity index (χ4v) is 8.14. The third-order valence-electron chi connectivity index (χ3n) is 5.92. The summed E-state index contributed by atoms with van der Waals surface area (Å²) in [5.41, 5.74) is 0.776. The van der Waals surface area contributed by atoms with E-state index in [0.717, 1.165) is 0 Å². The number of nitrogens with zero attached hydrogens (tertiary/aromatic N) is 6. The van der Waals surface area contributed by atoms with E-state index in [1.807, 2.05) is 18.2 Å². The van der Waals surface area contributed by atoms with Crippen LogP contribution in [0, 0.1) is 0 Å². The Bertz CT molecular complexity index is 1410. The summed E-state index contributed by atoms with van der Waals surface area (Å²) in [4.78, 5) is 8.54. The number of benzene rings is 3. The van der Waals surface area contributed by atoms with Gasteiger partial charge in [-0.15, -0.1) is 5.10 Å². The van der Waals surface area contributed by atoms with Gasteiger partial charge in [-0.25, -0.2) is 9.97 Å². The third kappa shape index (κ3) is 8.94. The molecule has 0 saturated carbocycles. The quantitative estimate of drug-likeness (QED) is 0.0636. The summed E-state index contributed by atoms with van der Waals surface area (Å²) in [7, 11) is -0.464. The Kier molecular flexibility index (Phi) is 14.8. The van der Waals surface area contributed by atoms with Crippen LogP contribution in [0.2, 0.25) is 0 Å². The second-order valence-electron chi connectivity index (χ2n) is 8.42. The minimum Gasteiger partial charge on any atom is -1.00 e. The van der Waals surface area contributed by atoms with Gasteiger partial charge < -0.3 is 52.9 Å². The molecule has 3 aromatic carbocycles. The SMILES string of the molecule is CNC([S-])=NN=C(C(C)=NN=C([S-])NC[P+](c1ccccc1)(c1ccccc1)c1ccccc1)c1ncccn1.[Br-].[Cu+2]. The number of aromatic nitrogens is 2. The maximum Gasteiger partial charge on any atom is 2.00 e. The van der Waals surface area contributed by atoms with Crippen molar-refractivity contribution >= 4 is 70.2 Å². The fourth-order valence-electron chi connectivity index (χ4n) is 4.00. The van der Waals surface area contributed by atoms with Gasteiger partial charge in [-0.05, 0) is 54.6 Å². The first-order valence-corrected chi connectivity index (χ1v) is 15.2. The Labute approximate surface area is 279 Å². The molecule has 4 rings (SSSR count). The molecular formula is C29H28BrCuN8PS2. The molecule has 0 spiro atoms. The summed E-state index contributed by atoms with van der Waals surface area (Å²) in [6.07, 6.45) is 3.80. The maximum atomic E-state index is 5.63. The number of hydrogen-bond acceptors (Lipinski definition) is 8. The molecule has 0 unspecified atom stereocenters. The predicted molar refractivity (Wildman–Crippen MR) is 173 cm³/mol. The number of halogens is 1. The van der Waals surface area contributed by atoms with E-state index in [1.54, 1.807) is 32.4 Å². The Morgan fingerprint density at radius 1 is 0.690 bits per heavy atom. The molecule has 8 nitrogen and oxygen atoms in total. The Hall–Kier alpha value is -3.11. The molecule has 2 N–H and O–H groups in total. The molecule has 0 fully saturated rings. The van der Waals surface area contributed by atoms with Crippen molar-refractivity contribution in [3.05, 3.63) is 115 Å². The van der Waals surface area contributed by atoms with Gasteiger partial charge in [0.25, 0.3) is 0 Å². The van der Waals surface area contributed by atoms with Gasteiger partial charge in [0.2, 0.25) is 0 Å². The van der Waals surface area contributed by atoms with E-state index in [0.29, 0.717) is 23.5 Å². The van der Waals surface area contributed by atoms with Crippen molar-refractivity contribution in [1.29, 1.82) is 0 Å². The zero-order valence-electron chi connectivity index (χ0n) is 22.7. The molecule has 13 heteroatoms. The predicted octanol–water partition coefficient (Wildman–Crippen LogP) is 0.125. The molecule has 0 aliphatic rings. The van der Waals surface area contributed by atoms with Gasteiger partial charge in [0.1, 0.15) is 29.5 Å². The van der Waals surface area contributed by atoms with Crippen LogP contribution in [0.25, 0.3) is 0 Å². The van der Waals surface area contributed by atoms with Crippen molar-refractivity contribution < 1.29 is 34.1 Å². The molecule has 1 heterocycles. The average Bonchev–Trinajstić information content (AvgIpc) is 3.02. The van der Waals surface area contributed by atoms with Crippen LogP contribution in [-0.2, 0) is 42.3 Å². The van der Waals surface area contributed by atoms with Gasteiger partial charge >= 0.3 is 17.1 Å². The van der Waals surface area contributed by atoms with Gasteiger partial charge in [0.05, 0.1) is 5.71 Å². The minimum atomic E-state index is -2.13. The molecule has 0 saturated heterocycles. The van der Waals surface area contributed by atoms with E-state index in [4.69, 9.17) is 25.3 Å². The fraction of sp³-hybridized carbons (Fsp3) is 0.103. The van der Waals surface area contributed by atoms with Crippen molar-refractivity contribution in [2.75, 3.05) is 13.3 Å². The number of rotatable bonds is 9. The van der Waals surface area contributed by atoms with Crippen molar-refractivity contribution in [3.8, 4) is 0 Å². The van der Waals surface area contributed by atoms with Crippen LogP contribution >= 0.6 is 7.26 Å². The van der Waals surface area contributed by atoms with Crippen LogP contribution in [0.15, 0.2) is 130 Å². The number of nitrogens with one attached hydrogen (secondary N) is 2. The molecule has 0 aliphatic heterocycles. The summed E-state index contributed by atoms with van der Waals surface area (Å²) >= 11 is 10.7. The molecule has 1 radical (unpaired) electrons. The Morgan fingerprint density at radius 2 is 1.14 bits per heavy atom. The van der Waals surface area contributed by atoms with E-state index in [2.05, 4.69) is 114 Å². The molecular weight excluding hydrogens is 699 g/mol. The van der Waals surface area contributed by atoms with Crippen molar-refractivity contribution in [3.63, 3.8) is 0 Å². The monoisotopic (exact) mass is 725 g/mol. The maximum absolute atomic E-state index is 5.63. The summed E-state index contributed by atoms with van der Waals surface area (Å²) in [5.74, 6) is 0.350. The zero-order valence-corrected chi connectivity index (χ0v) is 27.8. The third-order valence-corrected chi connectivity index (χ3v) is 10.6. The topological polar surface area (TPSA) is 99.3 Å². The van der Waals surface area contributed by atoms with E-state index < -0.39 is 7.26 Å². The number of amidine groups is 2. The van der Waals surface area contributed by atoms with Gasteiger partial charge in [-0.1, -0.05) is 54.6 Å². The molecule has 4 aromatic rings. The molecule has 0 aliphatic carbocycles. The van der Waals surface area contributed by atoms with E-state index in [9.17, 15) is 0 Å². The summed E-state index contributed by atoms with van der Waals surface area (Å²) in [6.45, 7) is 1.74. The first-order chi connectivity index (χ1) is 19.5. The van der Waals surface area contributed by atoms with Crippen LogP contribution in [0.3, 0.4) is 0 Å². The molecule has 42 heavy (non-hydrogen) atoms. The number of hydrogen-bond donors (Lipinski definition) is 2. The van der Waals surface area contributed by atoms with Gasteiger partial charge in [-0.2, -0.15) is 15.3 Å². The second kappa shape index (κ2) is 17.8.